The summed E-state index contributed by atoms with van der Waals surface area (Å²) in [5.41, 5.74) is 1.17. The summed E-state index contributed by atoms with van der Waals surface area (Å²) < 4.78 is 0. The van der Waals surface area contributed by atoms with Crippen molar-refractivity contribution in [3.63, 3.8) is 0 Å². The van der Waals surface area contributed by atoms with Crippen molar-refractivity contribution in [3.05, 3.63) is 11.1 Å². The van der Waals surface area contributed by atoms with Crippen LogP contribution in [0.1, 0.15) is 34.6 Å². The Kier molecular flexibility index (Phi) is 3.87. The Hall–Kier alpha value is -0.920. The quantitative estimate of drug-likeness (QED) is 0.605. The van der Waals surface area contributed by atoms with Gasteiger partial charge in [-0.25, -0.2) is 0 Å². The summed E-state index contributed by atoms with van der Waals surface area (Å²) >= 11 is 0. The highest BCUT2D eigenvalue weighted by Gasteiger charge is 2.13. The number of Topliss-reactive ketones (excluding diaryl/α,β-unsaturated/α-hetero) is 2. The van der Waals surface area contributed by atoms with Gasteiger partial charge >= 0.3 is 0 Å². The van der Waals surface area contributed by atoms with Crippen molar-refractivity contribution in [2.24, 2.45) is 5.92 Å². The van der Waals surface area contributed by atoms with E-state index in [4.69, 9.17) is 0 Å². The van der Waals surface area contributed by atoms with E-state index in [1.807, 2.05) is 13.8 Å². The molecule has 0 rings (SSSR count). The molecule has 0 radical (unpaired) electrons. The first kappa shape index (κ1) is 11.1. The van der Waals surface area contributed by atoms with Crippen molar-refractivity contribution in [1.82, 2.24) is 0 Å². The van der Waals surface area contributed by atoms with E-state index in [-0.39, 0.29) is 17.5 Å². The largest absolute Gasteiger partial charge is 0.295 e. The van der Waals surface area contributed by atoms with Crippen LogP contribution in [0.4, 0.5) is 0 Å². The number of hydrogen-bond donors (Lipinski definition) is 0. The predicted molar refractivity (Wildman–Crippen MR) is 48.9 cm³/mol. The van der Waals surface area contributed by atoms with Crippen LogP contribution in [0.5, 0.6) is 0 Å². The lowest BCUT2D eigenvalue weighted by atomic mass is 9.97. The van der Waals surface area contributed by atoms with Gasteiger partial charge in [0, 0.05) is 5.92 Å². The average Bonchev–Trinajstić information content (AvgIpc) is 2.00. The van der Waals surface area contributed by atoms with Crippen molar-refractivity contribution in [3.8, 4) is 0 Å². The Bertz CT molecular complexity index is 234. The first-order valence-corrected chi connectivity index (χ1v) is 4.10. The van der Waals surface area contributed by atoms with Crippen molar-refractivity contribution in [2.45, 2.75) is 34.6 Å². The lowest BCUT2D eigenvalue weighted by Gasteiger charge is -2.06. The molecule has 0 amide bonds. The Morgan fingerprint density at radius 1 is 0.917 bits per heavy atom. The maximum Gasteiger partial charge on any atom is 0.161 e. The second-order valence-electron chi connectivity index (χ2n) is 3.33. The minimum absolute atomic E-state index is 0.0264. The predicted octanol–water partition coefficient (Wildman–Crippen LogP) is 2.14. The summed E-state index contributed by atoms with van der Waals surface area (Å²) in [6.07, 6.45) is 0. The highest BCUT2D eigenvalue weighted by molar-refractivity contribution is 6.05. The summed E-state index contributed by atoms with van der Waals surface area (Å²) in [6.45, 7) is 8.54. The van der Waals surface area contributed by atoms with Crippen molar-refractivity contribution < 1.29 is 9.59 Å². The van der Waals surface area contributed by atoms with Gasteiger partial charge in [-0.2, -0.15) is 0 Å². The molecule has 0 aliphatic heterocycles. The van der Waals surface area contributed by atoms with E-state index in [1.54, 1.807) is 13.8 Å². The molecular weight excluding hydrogens is 152 g/mol. The Labute approximate surface area is 73.7 Å². The molecule has 2 nitrogen and oxygen atoms in total. The Morgan fingerprint density at radius 3 is 1.58 bits per heavy atom. The summed E-state index contributed by atoms with van der Waals surface area (Å²) in [5, 5.41) is 0. The van der Waals surface area contributed by atoms with Crippen LogP contribution in [-0.4, -0.2) is 11.6 Å². The molecule has 0 bridgehead atoms. The Morgan fingerprint density at radius 2 is 1.33 bits per heavy atom. The summed E-state index contributed by atoms with van der Waals surface area (Å²) in [7, 11) is 0. The van der Waals surface area contributed by atoms with E-state index in [0.29, 0.717) is 11.1 Å². The van der Waals surface area contributed by atoms with Gasteiger partial charge in [-0.1, -0.05) is 13.8 Å². The van der Waals surface area contributed by atoms with Gasteiger partial charge in [0.2, 0.25) is 0 Å². The van der Waals surface area contributed by atoms with Crippen LogP contribution < -0.4 is 0 Å². The molecule has 68 valence electrons. The molecule has 12 heavy (non-hydrogen) atoms. The third-order valence-electron chi connectivity index (χ3n) is 1.98. The van der Waals surface area contributed by atoms with E-state index >= 15 is 0 Å². The van der Waals surface area contributed by atoms with Crippen molar-refractivity contribution >= 4 is 11.6 Å². The van der Waals surface area contributed by atoms with Gasteiger partial charge < -0.3 is 0 Å². The molecule has 0 aromatic rings. The maximum atomic E-state index is 11.4. The van der Waals surface area contributed by atoms with Crippen molar-refractivity contribution in [1.29, 1.82) is 0 Å². The van der Waals surface area contributed by atoms with Crippen LogP contribution in [0.15, 0.2) is 11.1 Å². The third kappa shape index (κ3) is 2.61. The zero-order chi connectivity index (χ0) is 9.89. The molecule has 0 atom stereocenters. The molecule has 0 fully saturated rings. The fraction of sp³-hybridized carbons (Fsp3) is 0.600. The average molecular weight is 168 g/mol. The fourth-order valence-electron chi connectivity index (χ4n) is 0.882. The number of allylic oxidation sites excluding steroid dienone is 2. The normalized spacial score (nSPS) is 12.8. The number of carbonyl (C=O) groups excluding carboxylic acids is 2. The number of rotatable bonds is 3. The Balaban J connectivity index is 4.79. The summed E-state index contributed by atoms with van der Waals surface area (Å²) in [4.78, 5) is 22.3. The molecular formula is C10H16O2. The standard InChI is InChI=1S/C10H16O2/c1-6(2)10(12)8(4)7(3)9(5)11/h6H,1-5H3/b8-7+. The zero-order valence-electron chi connectivity index (χ0n) is 8.39. The first-order chi connectivity index (χ1) is 5.37. The van der Waals surface area contributed by atoms with Crippen LogP contribution in [-0.2, 0) is 9.59 Å². The topological polar surface area (TPSA) is 34.1 Å². The fourth-order valence-corrected chi connectivity index (χ4v) is 0.882. The molecule has 0 unspecified atom stereocenters. The highest BCUT2D eigenvalue weighted by atomic mass is 16.1. The molecule has 0 aromatic carbocycles. The zero-order valence-corrected chi connectivity index (χ0v) is 8.39. The van der Waals surface area contributed by atoms with E-state index in [0.717, 1.165) is 0 Å². The van der Waals surface area contributed by atoms with Gasteiger partial charge in [-0.05, 0) is 31.9 Å². The molecule has 0 N–H and O–H groups in total. The maximum absolute atomic E-state index is 11.4. The second kappa shape index (κ2) is 4.19. The molecule has 0 heterocycles. The van der Waals surface area contributed by atoms with Crippen LogP contribution in [0.3, 0.4) is 0 Å². The SMILES string of the molecule is CC(=O)/C(C)=C(\C)C(=O)C(C)C. The molecule has 0 aliphatic rings. The van der Waals surface area contributed by atoms with Crippen molar-refractivity contribution in [2.75, 3.05) is 0 Å². The van der Waals surface area contributed by atoms with E-state index in [1.165, 1.54) is 6.92 Å². The number of ketones is 2. The van der Waals surface area contributed by atoms with Gasteiger partial charge in [0.25, 0.3) is 0 Å². The van der Waals surface area contributed by atoms with E-state index in [9.17, 15) is 9.59 Å². The van der Waals surface area contributed by atoms with Crippen LogP contribution in [0.25, 0.3) is 0 Å². The van der Waals surface area contributed by atoms with E-state index < -0.39 is 0 Å². The van der Waals surface area contributed by atoms with Gasteiger partial charge in [-0.3, -0.25) is 9.59 Å². The number of carbonyl (C=O) groups is 2. The van der Waals surface area contributed by atoms with E-state index in [2.05, 4.69) is 0 Å². The van der Waals surface area contributed by atoms with Crippen LogP contribution >= 0.6 is 0 Å². The molecule has 2 heteroatoms. The summed E-state index contributed by atoms with van der Waals surface area (Å²) in [6, 6.07) is 0. The van der Waals surface area contributed by atoms with Gasteiger partial charge in [-0.15, -0.1) is 0 Å². The lowest BCUT2D eigenvalue weighted by molar-refractivity contribution is -0.119. The molecule has 0 spiro atoms. The van der Waals surface area contributed by atoms with Crippen LogP contribution in [0, 0.1) is 5.92 Å². The van der Waals surface area contributed by atoms with Gasteiger partial charge in [0.05, 0.1) is 0 Å². The molecule has 0 aromatic heterocycles. The third-order valence-corrected chi connectivity index (χ3v) is 1.98. The first-order valence-electron chi connectivity index (χ1n) is 4.10. The minimum Gasteiger partial charge on any atom is -0.295 e. The second-order valence-corrected chi connectivity index (χ2v) is 3.33. The molecule has 0 saturated heterocycles. The molecule has 0 saturated carbocycles. The smallest absolute Gasteiger partial charge is 0.161 e. The number of hydrogen-bond acceptors (Lipinski definition) is 2. The van der Waals surface area contributed by atoms with Gasteiger partial charge in [0.1, 0.15) is 0 Å². The lowest BCUT2D eigenvalue weighted by Crippen LogP contribution is -2.11. The minimum atomic E-state index is -0.0284. The van der Waals surface area contributed by atoms with Crippen LogP contribution in [0.2, 0.25) is 0 Å². The monoisotopic (exact) mass is 168 g/mol. The van der Waals surface area contributed by atoms with Gasteiger partial charge in [0.15, 0.2) is 11.6 Å². The molecule has 0 aliphatic carbocycles. The highest BCUT2D eigenvalue weighted by Crippen LogP contribution is 2.10. The summed E-state index contributed by atoms with van der Waals surface area (Å²) in [5.74, 6) is 0.00324.